The summed E-state index contributed by atoms with van der Waals surface area (Å²) in [6.45, 7) is 3.33. The van der Waals surface area contributed by atoms with E-state index in [9.17, 15) is 14.7 Å². The van der Waals surface area contributed by atoms with Gasteiger partial charge in [-0.25, -0.2) is 9.97 Å². The normalized spacial score (nSPS) is 11.3. The fraction of sp³-hybridized carbons (Fsp3) is 0.231. The number of aryl methyl sites for hydroxylation is 2. The smallest absolute Gasteiger partial charge is 0.271 e. The molecule has 0 fully saturated rings. The molecule has 20 heavy (non-hydrogen) atoms. The Morgan fingerprint density at radius 1 is 1.45 bits per heavy atom. The molecule has 102 valence electrons. The van der Waals surface area contributed by atoms with Crippen LogP contribution in [-0.4, -0.2) is 20.5 Å². The standard InChI is InChI=1S/C13H11N3O3S/c1-6-3-7(2)15-12-9(6)10-11(20-12)13(19)16(5-14-10)4-8(17)18/h3,5H,4H2,1-2H3,(H,17,18)/p-1. The highest BCUT2D eigenvalue weighted by Gasteiger charge is 2.14. The number of fused-ring (bicyclic) bond motifs is 3. The van der Waals surface area contributed by atoms with Crippen molar-refractivity contribution in [2.45, 2.75) is 20.4 Å². The maximum Gasteiger partial charge on any atom is 0.271 e. The number of carboxylic acid groups (broad SMARTS) is 1. The second-order valence-corrected chi connectivity index (χ2v) is 5.59. The van der Waals surface area contributed by atoms with Gasteiger partial charge in [0.25, 0.3) is 5.56 Å². The molecule has 0 atom stereocenters. The van der Waals surface area contributed by atoms with E-state index in [-0.39, 0.29) is 5.56 Å². The number of hydrogen-bond donors (Lipinski definition) is 0. The number of pyridine rings is 1. The molecule has 0 aliphatic rings. The van der Waals surface area contributed by atoms with Crippen LogP contribution in [0.4, 0.5) is 0 Å². The zero-order valence-electron chi connectivity index (χ0n) is 10.8. The van der Waals surface area contributed by atoms with E-state index in [0.717, 1.165) is 26.0 Å². The van der Waals surface area contributed by atoms with E-state index in [1.165, 1.54) is 17.7 Å². The Morgan fingerprint density at radius 3 is 2.90 bits per heavy atom. The predicted molar refractivity (Wildman–Crippen MR) is 73.7 cm³/mol. The van der Waals surface area contributed by atoms with Gasteiger partial charge in [0.2, 0.25) is 0 Å². The molecule has 3 rings (SSSR count). The van der Waals surface area contributed by atoms with Crippen LogP contribution in [-0.2, 0) is 11.3 Å². The zero-order chi connectivity index (χ0) is 14.4. The molecule has 0 N–H and O–H groups in total. The monoisotopic (exact) mass is 288 g/mol. The van der Waals surface area contributed by atoms with Crippen molar-refractivity contribution in [3.63, 3.8) is 0 Å². The number of aliphatic carboxylic acids is 1. The molecule has 0 spiro atoms. The van der Waals surface area contributed by atoms with E-state index in [2.05, 4.69) is 9.97 Å². The largest absolute Gasteiger partial charge is 0.548 e. The fourth-order valence-electron chi connectivity index (χ4n) is 2.25. The van der Waals surface area contributed by atoms with Crippen LogP contribution in [0.2, 0.25) is 0 Å². The quantitative estimate of drug-likeness (QED) is 0.680. The van der Waals surface area contributed by atoms with Crippen molar-refractivity contribution in [3.8, 4) is 0 Å². The van der Waals surface area contributed by atoms with Crippen molar-refractivity contribution in [3.05, 3.63) is 34.0 Å². The minimum absolute atomic E-state index is 0.376. The SMILES string of the molecule is Cc1cc(C)c2c(n1)sc1c(=O)n(CC(=O)[O-])cnc12. The van der Waals surface area contributed by atoms with Crippen molar-refractivity contribution in [2.24, 2.45) is 0 Å². The number of carbonyl (C=O) groups is 1. The molecule has 3 heterocycles. The lowest BCUT2D eigenvalue weighted by atomic mass is 10.1. The van der Waals surface area contributed by atoms with E-state index < -0.39 is 12.5 Å². The van der Waals surface area contributed by atoms with Gasteiger partial charge >= 0.3 is 0 Å². The number of thiophene rings is 1. The molecule has 0 aromatic carbocycles. The molecule has 0 aliphatic carbocycles. The molecule has 0 aliphatic heterocycles. The highest BCUT2D eigenvalue weighted by atomic mass is 32.1. The highest BCUT2D eigenvalue weighted by Crippen LogP contribution is 2.31. The minimum atomic E-state index is -1.32. The zero-order valence-corrected chi connectivity index (χ0v) is 11.7. The Morgan fingerprint density at radius 2 is 2.20 bits per heavy atom. The second-order valence-electron chi connectivity index (χ2n) is 4.59. The van der Waals surface area contributed by atoms with Gasteiger partial charge in [-0.05, 0) is 25.5 Å². The summed E-state index contributed by atoms with van der Waals surface area (Å²) in [5.41, 5.74) is 2.08. The predicted octanol–water partition coefficient (Wildman–Crippen LogP) is 0.373. The van der Waals surface area contributed by atoms with Crippen LogP contribution >= 0.6 is 11.3 Å². The van der Waals surface area contributed by atoms with E-state index in [1.54, 1.807) is 0 Å². The van der Waals surface area contributed by atoms with Crippen LogP contribution in [0.5, 0.6) is 0 Å². The van der Waals surface area contributed by atoms with Crippen LogP contribution in [0.1, 0.15) is 11.3 Å². The maximum absolute atomic E-state index is 12.2. The van der Waals surface area contributed by atoms with Crippen LogP contribution < -0.4 is 10.7 Å². The number of nitrogens with zero attached hydrogens (tertiary/aromatic N) is 3. The number of carboxylic acids is 1. The first-order valence-corrected chi connectivity index (χ1v) is 6.75. The van der Waals surface area contributed by atoms with E-state index in [1.807, 2.05) is 19.9 Å². The molecular formula is C13H10N3O3S-. The third-order valence-corrected chi connectivity index (χ3v) is 4.10. The summed E-state index contributed by atoms with van der Waals surface area (Å²) in [6.07, 6.45) is 1.24. The van der Waals surface area contributed by atoms with Gasteiger partial charge in [-0.15, -0.1) is 11.3 Å². The average Bonchev–Trinajstić information content (AvgIpc) is 2.71. The summed E-state index contributed by atoms with van der Waals surface area (Å²) in [5, 5.41) is 11.5. The Hall–Kier alpha value is -2.28. The maximum atomic E-state index is 12.2. The van der Waals surface area contributed by atoms with Crippen molar-refractivity contribution >= 4 is 37.7 Å². The molecule has 0 saturated carbocycles. The highest BCUT2D eigenvalue weighted by molar-refractivity contribution is 7.25. The van der Waals surface area contributed by atoms with Crippen molar-refractivity contribution < 1.29 is 9.90 Å². The molecule has 0 unspecified atom stereocenters. The third kappa shape index (κ3) is 1.87. The molecule has 7 heteroatoms. The molecule has 0 radical (unpaired) electrons. The van der Waals surface area contributed by atoms with Crippen molar-refractivity contribution in [1.82, 2.24) is 14.5 Å². The van der Waals surface area contributed by atoms with Crippen molar-refractivity contribution in [1.29, 1.82) is 0 Å². The van der Waals surface area contributed by atoms with Crippen LogP contribution in [0, 0.1) is 13.8 Å². The van der Waals surface area contributed by atoms with Crippen LogP contribution in [0.3, 0.4) is 0 Å². The van der Waals surface area contributed by atoms with Gasteiger partial charge in [-0.3, -0.25) is 9.36 Å². The summed E-state index contributed by atoms with van der Waals surface area (Å²) in [4.78, 5) is 32.2. The van der Waals surface area contributed by atoms with Crippen molar-refractivity contribution in [2.75, 3.05) is 0 Å². The molecule has 0 saturated heterocycles. The number of hydrogen-bond acceptors (Lipinski definition) is 6. The molecule has 0 bridgehead atoms. The molecular weight excluding hydrogens is 278 g/mol. The van der Waals surface area contributed by atoms with Crippen LogP contribution in [0.15, 0.2) is 17.2 Å². The second kappa shape index (κ2) is 4.38. The minimum Gasteiger partial charge on any atom is -0.548 e. The third-order valence-electron chi connectivity index (χ3n) is 3.04. The Balaban J connectivity index is 2.39. The molecule has 0 amide bonds. The summed E-state index contributed by atoms with van der Waals surface area (Å²) in [5.74, 6) is -1.32. The molecule has 3 aromatic heterocycles. The van der Waals surface area contributed by atoms with Gasteiger partial charge in [-0.2, -0.15) is 0 Å². The topological polar surface area (TPSA) is 87.9 Å². The average molecular weight is 288 g/mol. The first kappa shape index (κ1) is 12.7. The summed E-state index contributed by atoms with van der Waals surface area (Å²) < 4.78 is 1.46. The van der Waals surface area contributed by atoms with Gasteiger partial charge in [0.05, 0.1) is 24.4 Å². The number of aromatic nitrogens is 3. The van der Waals surface area contributed by atoms with Gasteiger partial charge in [0.1, 0.15) is 9.53 Å². The lowest BCUT2D eigenvalue weighted by Gasteiger charge is -2.05. The van der Waals surface area contributed by atoms with E-state index in [4.69, 9.17) is 0 Å². The summed E-state index contributed by atoms with van der Waals surface area (Å²) in [6, 6.07) is 1.93. The molecule has 6 nitrogen and oxygen atoms in total. The lowest BCUT2D eigenvalue weighted by Crippen LogP contribution is -2.32. The summed E-state index contributed by atoms with van der Waals surface area (Å²) in [7, 11) is 0. The fourth-order valence-corrected chi connectivity index (χ4v) is 3.45. The Bertz CT molecular complexity index is 910. The van der Waals surface area contributed by atoms with Gasteiger partial charge < -0.3 is 9.90 Å². The van der Waals surface area contributed by atoms with Crippen LogP contribution in [0.25, 0.3) is 20.4 Å². The summed E-state index contributed by atoms with van der Waals surface area (Å²) >= 11 is 1.24. The lowest BCUT2D eigenvalue weighted by molar-refractivity contribution is -0.306. The Kier molecular flexibility index (Phi) is 2.79. The number of carbonyl (C=O) groups excluding carboxylic acids is 1. The van der Waals surface area contributed by atoms with E-state index in [0.29, 0.717) is 10.2 Å². The first-order chi connectivity index (χ1) is 9.47. The number of rotatable bonds is 2. The van der Waals surface area contributed by atoms with Gasteiger partial charge in [0, 0.05) is 11.1 Å². The van der Waals surface area contributed by atoms with Gasteiger partial charge in [0.15, 0.2) is 0 Å². The first-order valence-electron chi connectivity index (χ1n) is 5.93. The Labute approximate surface area is 117 Å². The van der Waals surface area contributed by atoms with Gasteiger partial charge in [-0.1, -0.05) is 0 Å². The molecule has 3 aromatic rings. The van der Waals surface area contributed by atoms with E-state index >= 15 is 0 Å².